The molecular formula is C21H18BrFN2O4S. The van der Waals surface area contributed by atoms with E-state index in [0.29, 0.717) is 11.3 Å². The molecule has 0 radical (unpaired) electrons. The number of methoxy groups -OCH3 is 1. The number of halogens is 2. The van der Waals surface area contributed by atoms with Crippen LogP contribution in [0.2, 0.25) is 0 Å². The van der Waals surface area contributed by atoms with Crippen molar-refractivity contribution in [1.82, 2.24) is 0 Å². The molecule has 0 saturated carbocycles. The zero-order chi connectivity index (χ0) is 21.9. The lowest BCUT2D eigenvalue weighted by Crippen LogP contribution is -2.16. The lowest BCUT2D eigenvalue weighted by molar-refractivity contribution is 0.102. The first kappa shape index (κ1) is 21.8. The minimum absolute atomic E-state index is 0.110. The number of ether oxygens (including phenoxy) is 1. The van der Waals surface area contributed by atoms with Crippen LogP contribution in [0.3, 0.4) is 0 Å². The molecule has 156 valence electrons. The van der Waals surface area contributed by atoms with E-state index >= 15 is 0 Å². The SMILES string of the molecule is COc1ccc(NC(=O)c2ccc(C)c(F)c2)cc1S(=O)(=O)Nc1ccc(Br)cc1. The Kier molecular flexibility index (Phi) is 6.42. The Labute approximate surface area is 182 Å². The monoisotopic (exact) mass is 492 g/mol. The van der Waals surface area contributed by atoms with Gasteiger partial charge in [0.1, 0.15) is 16.5 Å². The zero-order valence-electron chi connectivity index (χ0n) is 16.1. The van der Waals surface area contributed by atoms with Crippen molar-refractivity contribution in [3.63, 3.8) is 0 Å². The van der Waals surface area contributed by atoms with Crippen LogP contribution in [0.25, 0.3) is 0 Å². The van der Waals surface area contributed by atoms with Crippen LogP contribution in [0.4, 0.5) is 15.8 Å². The molecule has 0 atom stereocenters. The highest BCUT2D eigenvalue weighted by Crippen LogP contribution is 2.29. The molecule has 9 heteroatoms. The summed E-state index contributed by atoms with van der Waals surface area (Å²) in [7, 11) is -2.66. The Morgan fingerprint density at radius 2 is 1.67 bits per heavy atom. The molecule has 2 N–H and O–H groups in total. The number of nitrogens with one attached hydrogen (secondary N) is 2. The number of carbonyl (C=O) groups is 1. The van der Waals surface area contributed by atoms with Crippen molar-refractivity contribution in [3.8, 4) is 5.75 Å². The second-order valence-corrected chi connectivity index (χ2v) is 8.96. The Hall–Kier alpha value is -2.91. The predicted molar refractivity (Wildman–Crippen MR) is 117 cm³/mol. The largest absolute Gasteiger partial charge is 0.495 e. The van der Waals surface area contributed by atoms with Crippen molar-refractivity contribution < 1.29 is 22.3 Å². The van der Waals surface area contributed by atoms with Gasteiger partial charge in [-0.05, 0) is 67.1 Å². The van der Waals surface area contributed by atoms with Gasteiger partial charge in [0, 0.05) is 21.4 Å². The first-order valence-electron chi connectivity index (χ1n) is 8.73. The number of hydrogen-bond donors (Lipinski definition) is 2. The van der Waals surface area contributed by atoms with Crippen LogP contribution < -0.4 is 14.8 Å². The van der Waals surface area contributed by atoms with Crippen LogP contribution in [0, 0.1) is 12.7 Å². The summed E-state index contributed by atoms with van der Waals surface area (Å²) < 4.78 is 48.0. The van der Waals surface area contributed by atoms with Gasteiger partial charge in [0.2, 0.25) is 0 Å². The summed E-state index contributed by atoms with van der Waals surface area (Å²) in [4.78, 5) is 12.3. The Morgan fingerprint density at radius 3 is 2.30 bits per heavy atom. The van der Waals surface area contributed by atoms with Crippen LogP contribution in [-0.4, -0.2) is 21.4 Å². The van der Waals surface area contributed by atoms with E-state index in [1.807, 2.05) is 0 Å². The molecule has 0 aliphatic rings. The summed E-state index contributed by atoms with van der Waals surface area (Å²) in [5, 5.41) is 2.58. The molecule has 1 amide bonds. The van der Waals surface area contributed by atoms with Crippen molar-refractivity contribution >= 4 is 43.2 Å². The number of aryl methyl sites for hydroxylation is 1. The number of sulfonamides is 1. The minimum atomic E-state index is -4.01. The fourth-order valence-electron chi connectivity index (χ4n) is 2.63. The average molecular weight is 493 g/mol. The molecule has 3 rings (SSSR count). The molecule has 6 nitrogen and oxygen atoms in total. The van der Waals surface area contributed by atoms with Crippen molar-refractivity contribution in [2.75, 3.05) is 17.1 Å². The number of amides is 1. The predicted octanol–water partition coefficient (Wildman–Crippen LogP) is 4.96. The van der Waals surface area contributed by atoms with Gasteiger partial charge in [-0.15, -0.1) is 0 Å². The molecule has 0 aliphatic heterocycles. The van der Waals surface area contributed by atoms with E-state index in [1.54, 1.807) is 31.2 Å². The first-order valence-corrected chi connectivity index (χ1v) is 11.0. The summed E-state index contributed by atoms with van der Waals surface area (Å²) in [6.45, 7) is 1.59. The van der Waals surface area contributed by atoms with Gasteiger partial charge in [-0.1, -0.05) is 22.0 Å². The van der Waals surface area contributed by atoms with E-state index in [9.17, 15) is 17.6 Å². The fraction of sp³-hybridized carbons (Fsp3) is 0.0952. The maximum Gasteiger partial charge on any atom is 0.265 e. The van der Waals surface area contributed by atoms with E-state index in [-0.39, 0.29) is 21.9 Å². The summed E-state index contributed by atoms with van der Waals surface area (Å²) >= 11 is 3.29. The van der Waals surface area contributed by atoms with Crippen molar-refractivity contribution in [2.24, 2.45) is 0 Å². The van der Waals surface area contributed by atoms with Gasteiger partial charge in [0.05, 0.1) is 7.11 Å². The van der Waals surface area contributed by atoms with E-state index in [2.05, 4.69) is 26.0 Å². The third-order valence-corrected chi connectivity index (χ3v) is 6.17. The smallest absolute Gasteiger partial charge is 0.265 e. The summed E-state index contributed by atoms with van der Waals surface area (Å²) in [5.41, 5.74) is 1.12. The molecule has 0 heterocycles. The van der Waals surface area contributed by atoms with Gasteiger partial charge in [-0.3, -0.25) is 9.52 Å². The van der Waals surface area contributed by atoms with E-state index in [0.717, 1.165) is 10.5 Å². The maximum atomic E-state index is 13.7. The second-order valence-electron chi connectivity index (χ2n) is 6.40. The van der Waals surface area contributed by atoms with Gasteiger partial charge in [-0.25, -0.2) is 12.8 Å². The minimum Gasteiger partial charge on any atom is -0.495 e. The molecule has 0 saturated heterocycles. The molecule has 0 bridgehead atoms. The van der Waals surface area contributed by atoms with Crippen LogP contribution in [0.5, 0.6) is 5.75 Å². The summed E-state index contributed by atoms with van der Waals surface area (Å²) in [5.74, 6) is -0.957. The Bertz CT molecular complexity index is 1200. The fourth-order valence-corrected chi connectivity index (χ4v) is 4.15. The lowest BCUT2D eigenvalue weighted by Gasteiger charge is -2.14. The van der Waals surface area contributed by atoms with E-state index in [4.69, 9.17) is 4.74 Å². The molecule has 0 aromatic heterocycles. The Morgan fingerprint density at radius 1 is 1.00 bits per heavy atom. The van der Waals surface area contributed by atoms with Gasteiger partial charge < -0.3 is 10.1 Å². The van der Waals surface area contributed by atoms with E-state index in [1.165, 1.54) is 37.4 Å². The van der Waals surface area contributed by atoms with Gasteiger partial charge in [-0.2, -0.15) is 0 Å². The topological polar surface area (TPSA) is 84.5 Å². The third kappa shape index (κ3) is 4.98. The third-order valence-electron chi connectivity index (χ3n) is 4.24. The van der Waals surface area contributed by atoms with Crippen molar-refractivity contribution in [1.29, 1.82) is 0 Å². The molecule has 30 heavy (non-hydrogen) atoms. The van der Waals surface area contributed by atoms with Crippen molar-refractivity contribution in [3.05, 3.63) is 82.1 Å². The van der Waals surface area contributed by atoms with Gasteiger partial charge >= 0.3 is 0 Å². The molecule has 0 spiro atoms. The zero-order valence-corrected chi connectivity index (χ0v) is 18.5. The maximum absolute atomic E-state index is 13.7. The van der Waals surface area contributed by atoms with Gasteiger partial charge in [0.25, 0.3) is 15.9 Å². The van der Waals surface area contributed by atoms with E-state index < -0.39 is 21.7 Å². The summed E-state index contributed by atoms with van der Waals surface area (Å²) in [6, 6.07) is 14.9. The first-order chi connectivity index (χ1) is 14.2. The standard InChI is InChI=1S/C21H18BrFN2O4S/c1-13-3-4-14(11-18(13)23)21(26)24-17-9-10-19(29-2)20(12-17)30(27,28)25-16-7-5-15(22)6-8-16/h3-12,25H,1-2H3,(H,24,26). The molecule has 3 aromatic rings. The lowest BCUT2D eigenvalue weighted by atomic mass is 10.1. The van der Waals surface area contributed by atoms with Crippen LogP contribution >= 0.6 is 15.9 Å². The molecule has 0 fully saturated rings. The van der Waals surface area contributed by atoms with Crippen LogP contribution in [-0.2, 0) is 10.0 Å². The highest BCUT2D eigenvalue weighted by atomic mass is 79.9. The highest BCUT2D eigenvalue weighted by Gasteiger charge is 2.21. The quantitative estimate of drug-likeness (QED) is 0.509. The second kappa shape index (κ2) is 8.85. The highest BCUT2D eigenvalue weighted by molar-refractivity contribution is 9.10. The molecule has 0 aliphatic carbocycles. The number of benzene rings is 3. The number of carbonyl (C=O) groups excluding carboxylic acids is 1. The number of hydrogen-bond acceptors (Lipinski definition) is 4. The summed E-state index contributed by atoms with van der Waals surface area (Å²) in [6.07, 6.45) is 0. The van der Waals surface area contributed by atoms with Crippen molar-refractivity contribution in [2.45, 2.75) is 11.8 Å². The number of rotatable bonds is 6. The molecule has 0 unspecified atom stereocenters. The normalized spacial score (nSPS) is 11.1. The number of anilines is 2. The van der Waals surface area contributed by atoms with Crippen LogP contribution in [0.1, 0.15) is 15.9 Å². The average Bonchev–Trinajstić information content (AvgIpc) is 2.71. The Balaban J connectivity index is 1.89. The van der Waals surface area contributed by atoms with Gasteiger partial charge in [0.15, 0.2) is 0 Å². The molecular weight excluding hydrogens is 475 g/mol. The molecule has 3 aromatic carbocycles. The van der Waals surface area contributed by atoms with Crippen LogP contribution in [0.15, 0.2) is 70.0 Å².